The Labute approximate surface area is 175 Å². The monoisotopic (exact) mass is 433 g/mol. The van der Waals surface area contributed by atoms with E-state index in [1.54, 1.807) is 0 Å². The van der Waals surface area contributed by atoms with E-state index in [2.05, 4.69) is 10.1 Å². The molecule has 10 nitrogen and oxygen atoms in total. The second kappa shape index (κ2) is 7.41. The number of nitrogens with zero attached hydrogens (tertiary/aromatic N) is 2. The van der Waals surface area contributed by atoms with Crippen molar-refractivity contribution in [1.29, 1.82) is 0 Å². The normalized spacial score (nSPS) is 26.1. The molecule has 2 atom stereocenters. The number of methoxy groups -OCH3 is 1. The molecule has 0 radical (unpaired) electrons. The number of hydrogen-bond donors (Lipinski definition) is 2. The second-order valence-corrected chi connectivity index (χ2v) is 7.81. The fraction of sp³-hybridized carbons (Fsp3) is 0.450. The standard InChI is InChI=1S/C20H20FN3O7/c1-31-19(29)20(30)7-2-8-23(9-20)15-11(21)4-3-10-14(15)18(28)24(17(10)27)12-5-6-13(25)22-16(12)26/h3-4,12,30H,2,5-9H2,1H3,(H,22,25,26). The van der Waals surface area contributed by atoms with Gasteiger partial charge in [-0.05, 0) is 31.4 Å². The first-order valence-electron chi connectivity index (χ1n) is 9.78. The lowest BCUT2D eigenvalue weighted by molar-refractivity contribution is -0.163. The molecule has 31 heavy (non-hydrogen) atoms. The maximum absolute atomic E-state index is 14.9. The molecule has 3 heterocycles. The van der Waals surface area contributed by atoms with Gasteiger partial charge in [0.25, 0.3) is 11.8 Å². The minimum atomic E-state index is -1.89. The van der Waals surface area contributed by atoms with E-state index in [-0.39, 0.29) is 49.2 Å². The molecule has 1 aromatic rings. The summed E-state index contributed by atoms with van der Waals surface area (Å²) in [5.74, 6) is -4.59. The van der Waals surface area contributed by atoms with Crippen molar-refractivity contribution in [3.05, 3.63) is 29.1 Å². The van der Waals surface area contributed by atoms with E-state index in [1.165, 1.54) is 4.90 Å². The Hall–Kier alpha value is -3.34. The van der Waals surface area contributed by atoms with Crippen molar-refractivity contribution >= 4 is 35.3 Å². The molecule has 0 aliphatic carbocycles. The van der Waals surface area contributed by atoms with Gasteiger partial charge < -0.3 is 14.7 Å². The SMILES string of the molecule is COC(=O)C1(O)CCCN(c2c(F)ccc3c2C(=O)N(C2CCC(=O)NC2=O)C3=O)C1. The van der Waals surface area contributed by atoms with Gasteiger partial charge in [0.15, 0.2) is 5.60 Å². The van der Waals surface area contributed by atoms with Crippen molar-refractivity contribution in [3.8, 4) is 0 Å². The van der Waals surface area contributed by atoms with Crippen LogP contribution in [0.1, 0.15) is 46.4 Å². The third-order valence-corrected chi connectivity index (χ3v) is 5.88. The molecule has 2 fully saturated rings. The van der Waals surface area contributed by atoms with Gasteiger partial charge in [0.2, 0.25) is 11.8 Å². The lowest BCUT2D eigenvalue weighted by atomic mass is 9.91. The third-order valence-electron chi connectivity index (χ3n) is 5.88. The predicted molar refractivity (Wildman–Crippen MR) is 101 cm³/mol. The summed E-state index contributed by atoms with van der Waals surface area (Å²) in [6.45, 7) is -0.0977. The van der Waals surface area contributed by atoms with Crippen molar-refractivity contribution in [2.24, 2.45) is 0 Å². The largest absolute Gasteiger partial charge is 0.467 e. The molecule has 2 saturated heterocycles. The molecule has 0 aromatic heterocycles. The molecule has 0 spiro atoms. The van der Waals surface area contributed by atoms with Crippen LogP contribution in [0.5, 0.6) is 0 Å². The number of imide groups is 2. The van der Waals surface area contributed by atoms with Crippen LogP contribution in [-0.2, 0) is 19.1 Å². The Balaban J connectivity index is 1.73. The number of esters is 1. The van der Waals surface area contributed by atoms with Gasteiger partial charge in [-0.2, -0.15) is 0 Å². The molecule has 3 aliphatic heterocycles. The van der Waals surface area contributed by atoms with Gasteiger partial charge in [-0.1, -0.05) is 0 Å². The van der Waals surface area contributed by atoms with Crippen molar-refractivity contribution in [2.45, 2.75) is 37.3 Å². The van der Waals surface area contributed by atoms with Crippen LogP contribution in [0.15, 0.2) is 12.1 Å². The fourth-order valence-corrected chi connectivity index (χ4v) is 4.41. The summed E-state index contributed by atoms with van der Waals surface area (Å²) in [7, 11) is 1.13. The van der Waals surface area contributed by atoms with Crippen LogP contribution in [0.3, 0.4) is 0 Å². The molecular weight excluding hydrogens is 413 g/mol. The number of fused-ring (bicyclic) bond motifs is 1. The molecule has 11 heteroatoms. The molecule has 4 rings (SSSR count). The molecule has 0 bridgehead atoms. The van der Waals surface area contributed by atoms with Gasteiger partial charge in [-0.3, -0.25) is 29.4 Å². The lowest BCUT2D eigenvalue weighted by Crippen LogP contribution is -2.55. The van der Waals surface area contributed by atoms with Gasteiger partial charge in [0.05, 0.1) is 30.5 Å². The highest BCUT2D eigenvalue weighted by Crippen LogP contribution is 2.38. The first-order chi connectivity index (χ1) is 14.7. The number of rotatable bonds is 3. The highest BCUT2D eigenvalue weighted by atomic mass is 19.1. The minimum absolute atomic E-state index is 0.0280. The summed E-state index contributed by atoms with van der Waals surface area (Å²) >= 11 is 0. The highest BCUT2D eigenvalue weighted by Gasteiger charge is 2.48. The first kappa shape index (κ1) is 20.9. The first-order valence-corrected chi connectivity index (χ1v) is 9.78. The third kappa shape index (κ3) is 3.25. The lowest BCUT2D eigenvalue weighted by Gasteiger charge is -2.39. The number of ether oxygens (including phenoxy) is 1. The van der Waals surface area contributed by atoms with Crippen molar-refractivity contribution in [3.63, 3.8) is 0 Å². The van der Waals surface area contributed by atoms with E-state index >= 15 is 0 Å². The van der Waals surface area contributed by atoms with E-state index < -0.39 is 47.1 Å². The highest BCUT2D eigenvalue weighted by molar-refractivity contribution is 6.25. The maximum Gasteiger partial charge on any atom is 0.339 e. The van der Waals surface area contributed by atoms with E-state index in [0.717, 1.165) is 24.1 Å². The average molecular weight is 433 g/mol. The Bertz CT molecular complexity index is 1030. The average Bonchev–Trinajstić information content (AvgIpc) is 2.98. The molecule has 164 valence electrons. The number of halogens is 1. The second-order valence-electron chi connectivity index (χ2n) is 7.81. The summed E-state index contributed by atoms with van der Waals surface area (Å²) in [5, 5.41) is 12.8. The van der Waals surface area contributed by atoms with E-state index in [0.29, 0.717) is 6.42 Å². The molecule has 4 amide bonds. The number of carbonyl (C=O) groups is 5. The number of carbonyl (C=O) groups excluding carboxylic acids is 5. The number of amides is 4. The molecule has 1 aromatic carbocycles. The number of benzene rings is 1. The Morgan fingerprint density at radius 3 is 2.68 bits per heavy atom. The minimum Gasteiger partial charge on any atom is -0.467 e. The van der Waals surface area contributed by atoms with Crippen LogP contribution in [0, 0.1) is 5.82 Å². The maximum atomic E-state index is 14.9. The number of hydrogen-bond acceptors (Lipinski definition) is 8. The van der Waals surface area contributed by atoms with Crippen molar-refractivity contribution < 1.29 is 38.2 Å². The fourth-order valence-electron chi connectivity index (χ4n) is 4.41. The molecule has 3 aliphatic rings. The number of aliphatic hydroxyl groups is 1. The zero-order chi connectivity index (χ0) is 22.5. The van der Waals surface area contributed by atoms with Gasteiger partial charge in [-0.25, -0.2) is 9.18 Å². The van der Waals surface area contributed by atoms with Crippen LogP contribution in [-0.4, -0.2) is 71.4 Å². The van der Waals surface area contributed by atoms with Crippen LogP contribution >= 0.6 is 0 Å². The van der Waals surface area contributed by atoms with Gasteiger partial charge in [-0.15, -0.1) is 0 Å². The molecule has 0 saturated carbocycles. The predicted octanol–water partition coefficient (Wildman–Crippen LogP) is -0.269. The van der Waals surface area contributed by atoms with Crippen LogP contribution in [0.4, 0.5) is 10.1 Å². The number of anilines is 1. The van der Waals surface area contributed by atoms with Crippen LogP contribution in [0.2, 0.25) is 0 Å². The van der Waals surface area contributed by atoms with E-state index in [9.17, 15) is 33.5 Å². The zero-order valence-electron chi connectivity index (χ0n) is 16.6. The Kier molecular flexibility index (Phi) is 5.00. The summed E-state index contributed by atoms with van der Waals surface area (Å²) in [6.07, 6.45) is 0.346. The molecule has 2 unspecified atom stereocenters. The quantitative estimate of drug-likeness (QED) is 0.492. The summed E-state index contributed by atoms with van der Waals surface area (Å²) < 4.78 is 19.6. The Morgan fingerprint density at radius 2 is 2.00 bits per heavy atom. The zero-order valence-corrected chi connectivity index (χ0v) is 16.6. The van der Waals surface area contributed by atoms with Gasteiger partial charge in [0, 0.05) is 13.0 Å². The number of nitrogens with one attached hydrogen (secondary N) is 1. The number of piperidine rings is 2. The van der Waals surface area contributed by atoms with E-state index in [1.807, 2.05) is 0 Å². The van der Waals surface area contributed by atoms with Gasteiger partial charge >= 0.3 is 5.97 Å². The molecular formula is C20H20FN3O7. The molecule has 2 N–H and O–H groups in total. The van der Waals surface area contributed by atoms with Gasteiger partial charge in [0.1, 0.15) is 11.9 Å². The van der Waals surface area contributed by atoms with Crippen LogP contribution < -0.4 is 10.2 Å². The summed E-state index contributed by atoms with van der Waals surface area (Å²) in [5.41, 5.74) is -2.42. The summed E-state index contributed by atoms with van der Waals surface area (Å²) in [4.78, 5) is 63.9. The smallest absolute Gasteiger partial charge is 0.339 e. The van der Waals surface area contributed by atoms with Crippen molar-refractivity contribution in [1.82, 2.24) is 10.2 Å². The van der Waals surface area contributed by atoms with Crippen LogP contribution in [0.25, 0.3) is 0 Å². The van der Waals surface area contributed by atoms with E-state index in [4.69, 9.17) is 0 Å². The van der Waals surface area contributed by atoms with Crippen molar-refractivity contribution in [2.75, 3.05) is 25.1 Å². The Morgan fingerprint density at radius 1 is 1.26 bits per heavy atom. The topological polar surface area (TPSA) is 133 Å². The number of β-amino-alcohol motifs (C(OH)–C–C–N with tert-alkyl or cyclic N) is 1. The summed E-state index contributed by atoms with van der Waals surface area (Å²) in [6, 6.07) is 1.00.